The van der Waals surface area contributed by atoms with Crippen molar-refractivity contribution in [2.45, 2.75) is 32.2 Å². The average Bonchev–Trinajstić information content (AvgIpc) is 3.07. The highest BCUT2D eigenvalue weighted by atomic mass is 32.1. The first-order chi connectivity index (χ1) is 12.8. The standard InChI is InChI=1S/C19H22FN3O3S/c1-11(18(24)25)10-23(2)19(26)22-15-5-3-4-14-16(15)27-17(21-14)12-6-8-13(20)9-7-12/h6-9,11,15H,3-5,10H2,1-2H3,(H,22,26)(H,24,25). The summed E-state index contributed by atoms with van der Waals surface area (Å²) in [6, 6.07) is 5.79. The van der Waals surface area contributed by atoms with E-state index in [0.717, 1.165) is 40.4 Å². The van der Waals surface area contributed by atoms with Crippen LogP contribution in [0.3, 0.4) is 0 Å². The van der Waals surface area contributed by atoms with Crippen LogP contribution in [0, 0.1) is 11.7 Å². The van der Waals surface area contributed by atoms with E-state index in [4.69, 9.17) is 5.11 Å². The van der Waals surface area contributed by atoms with E-state index in [1.54, 1.807) is 26.1 Å². The molecule has 2 amide bonds. The summed E-state index contributed by atoms with van der Waals surface area (Å²) in [5, 5.41) is 12.8. The number of hydrogen-bond donors (Lipinski definition) is 2. The molecular weight excluding hydrogens is 369 g/mol. The van der Waals surface area contributed by atoms with Gasteiger partial charge >= 0.3 is 12.0 Å². The van der Waals surface area contributed by atoms with Gasteiger partial charge in [0.25, 0.3) is 0 Å². The minimum absolute atomic E-state index is 0.143. The Morgan fingerprint density at radius 3 is 2.78 bits per heavy atom. The molecule has 144 valence electrons. The third-order valence-electron chi connectivity index (χ3n) is 4.66. The molecule has 1 aliphatic carbocycles. The molecule has 0 saturated heterocycles. The average molecular weight is 391 g/mol. The highest BCUT2D eigenvalue weighted by Crippen LogP contribution is 2.38. The highest BCUT2D eigenvalue weighted by molar-refractivity contribution is 7.15. The summed E-state index contributed by atoms with van der Waals surface area (Å²) >= 11 is 1.51. The summed E-state index contributed by atoms with van der Waals surface area (Å²) in [5.74, 6) is -1.85. The second kappa shape index (κ2) is 8.04. The molecule has 2 aromatic rings. The Hall–Kier alpha value is -2.48. The van der Waals surface area contributed by atoms with Crippen molar-refractivity contribution in [3.05, 3.63) is 40.7 Å². The van der Waals surface area contributed by atoms with Crippen LogP contribution in [0.15, 0.2) is 24.3 Å². The zero-order chi connectivity index (χ0) is 19.6. The maximum absolute atomic E-state index is 13.1. The van der Waals surface area contributed by atoms with E-state index in [2.05, 4.69) is 10.3 Å². The van der Waals surface area contributed by atoms with Crippen LogP contribution in [0.2, 0.25) is 0 Å². The lowest BCUT2D eigenvalue weighted by molar-refractivity contribution is -0.141. The molecular formula is C19H22FN3O3S. The molecule has 3 rings (SSSR count). The lowest BCUT2D eigenvalue weighted by Crippen LogP contribution is -2.42. The van der Waals surface area contributed by atoms with Crippen LogP contribution in [0.5, 0.6) is 0 Å². The van der Waals surface area contributed by atoms with Gasteiger partial charge in [-0.3, -0.25) is 4.79 Å². The topological polar surface area (TPSA) is 82.5 Å². The van der Waals surface area contributed by atoms with Crippen LogP contribution < -0.4 is 5.32 Å². The van der Waals surface area contributed by atoms with E-state index in [0.29, 0.717) is 0 Å². The number of fused-ring (bicyclic) bond motifs is 1. The van der Waals surface area contributed by atoms with E-state index in [1.807, 2.05) is 0 Å². The van der Waals surface area contributed by atoms with Gasteiger partial charge < -0.3 is 15.3 Å². The Morgan fingerprint density at radius 1 is 1.41 bits per heavy atom. The number of urea groups is 1. The molecule has 1 aromatic heterocycles. The summed E-state index contributed by atoms with van der Waals surface area (Å²) in [4.78, 5) is 30.5. The maximum Gasteiger partial charge on any atom is 0.317 e. The minimum atomic E-state index is -0.930. The molecule has 0 bridgehead atoms. The van der Waals surface area contributed by atoms with E-state index < -0.39 is 11.9 Å². The zero-order valence-corrected chi connectivity index (χ0v) is 16.1. The number of benzene rings is 1. The Bertz CT molecular complexity index is 837. The molecule has 2 unspecified atom stereocenters. The van der Waals surface area contributed by atoms with E-state index in [-0.39, 0.29) is 24.4 Å². The summed E-state index contributed by atoms with van der Waals surface area (Å²) in [7, 11) is 1.59. The smallest absolute Gasteiger partial charge is 0.317 e. The molecule has 27 heavy (non-hydrogen) atoms. The lowest BCUT2D eigenvalue weighted by Gasteiger charge is -2.26. The fourth-order valence-electron chi connectivity index (χ4n) is 3.10. The first-order valence-corrected chi connectivity index (χ1v) is 9.66. The van der Waals surface area contributed by atoms with Crippen molar-refractivity contribution in [1.29, 1.82) is 0 Å². The Morgan fingerprint density at radius 2 is 2.11 bits per heavy atom. The summed E-state index contributed by atoms with van der Waals surface area (Å²) in [6.07, 6.45) is 2.58. The van der Waals surface area contributed by atoms with E-state index in [9.17, 15) is 14.0 Å². The molecule has 0 aliphatic heterocycles. The van der Waals surface area contributed by atoms with Crippen LogP contribution in [0.1, 0.15) is 36.4 Å². The first kappa shape index (κ1) is 19.3. The van der Waals surface area contributed by atoms with Crippen molar-refractivity contribution in [2.75, 3.05) is 13.6 Å². The fraction of sp³-hybridized carbons (Fsp3) is 0.421. The molecule has 1 heterocycles. The van der Waals surface area contributed by atoms with Crippen molar-refractivity contribution < 1.29 is 19.1 Å². The second-order valence-corrected chi connectivity index (χ2v) is 7.88. The molecule has 8 heteroatoms. The number of carbonyl (C=O) groups excluding carboxylic acids is 1. The van der Waals surface area contributed by atoms with Crippen molar-refractivity contribution in [3.63, 3.8) is 0 Å². The maximum atomic E-state index is 13.1. The summed E-state index contributed by atoms with van der Waals surface area (Å²) < 4.78 is 13.1. The molecule has 2 atom stereocenters. The number of amides is 2. The first-order valence-electron chi connectivity index (χ1n) is 8.85. The van der Waals surface area contributed by atoms with Crippen molar-refractivity contribution in [3.8, 4) is 10.6 Å². The van der Waals surface area contributed by atoms with Gasteiger partial charge in [0.1, 0.15) is 10.8 Å². The van der Waals surface area contributed by atoms with Crippen molar-refractivity contribution in [2.24, 2.45) is 5.92 Å². The third kappa shape index (κ3) is 4.44. The number of carbonyl (C=O) groups is 2. The number of nitrogens with zero attached hydrogens (tertiary/aromatic N) is 2. The fourth-order valence-corrected chi connectivity index (χ4v) is 4.31. The Balaban J connectivity index is 1.73. The SMILES string of the molecule is CC(CN(C)C(=O)NC1CCCc2nc(-c3ccc(F)cc3)sc21)C(=O)O. The van der Waals surface area contributed by atoms with Gasteiger partial charge in [-0.25, -0.2) is 14.2 Å². The van der Waals surface area contributed by atoms with Crippen LogP contribution in [0.4, 0.5) is 9.18 Å². The van der Waals surface area contributed by atoms with Gasteiger partial charge in [-0.05, 0) is 43.5 Å². The molecule has 2 N–H and O–H groups in total. The molecule has 6 nitrogen and oxygen atoms in total. The van der Waals surface area contributed by atoms with Gasteiger partial charge in [0.05, 0.1) is 22.5 Å². The number of halogens is 1. The predicted molar refractivity (Wildman–Crippen MR) is 101 cm³/mol. The van der Waals surface area contributed by atoms with Gasteiger partial charge in [-0.1, -0.05) is 6.92 Å². The minimum Gasteiger partial charge on any atom is -0.481 e. The van der Waals surface area contributed by atoms with Crippen molar-refractivity contribution >= 4 is 23.3 Å². The number of carboxylic acid groups (broad SMARTS) is 1. The number of aliphatic carboxylic acids is 1. The molecule has 0 saturated carbocycles. The number of aryl methyl sites for hydroxylation is 1. The van der Waals surface area contributed by atoms with Crippen LogP contribution in [-0.2, 0) is 11.2 Å². The molecule has 1 aromatic carbocycles. The predicted octanol–water partition coefficient (Wildman–Crippen LogP) is 3.69. The number of carboxylic acids is 1. The van der Waals surface area contributed by atoms with E-state index >= 15 is 0 Å². The number of hydrogen-bond acceptors (Lipinski definition) is 4. The second-order valence-electron chi connectivity index (χ2n) is 6.85. The quantitative estimate of drug-likeness (QED) is 0.814. The monoisotopic (exact) mass is 391 g/mol. The number of thiazole rings is 1. The van der Waals surface area contributed by atoms with E-state index in [1.165, 1.54) is 28.4 Å². The lowest BCUT2D eigenvalue weighted by atomic mass is 9.98. The molecule has 0 spiro atoms. The highest BCUT2D eigenvalue weighted by Gasteiger charge is 2.28. The number of rotatable bonds is 5. The summed E-state index contributed by atoms with van der Waals surface area (Å²) in [6.45, 7) is 1.72. The molecule has 0 fully saturated rings. The van der Waals surface area contributed by atoms with Crippen LogP contribution in [-0.4, -0.2) is 40.6 Å². The number of nitrogens with one attached hydrogen (secondary N) is 1. The largest absolute Gasteiger partial charge is 0.481 e. The Kier molecular flexibility index (Phi) is 5.74. The Labute approximate surface area is 161 Å². The summed E-state index contributed by atoms with van der Waals surface area (Å²) in [5.41, 5.74) is 1.82. The van der Waals surface area contributed by atoms with Gasteiger partial charge in [0, 0.05) is 19.2 Å². The normalized spacial score (nSPS) is 17.1. The van der Waals surface area contributed by atoms with Crippen molar-refractivity contribution in [1.82, 2.24) is 15.2 Å². The van der Waals surface area contributed by atoms with Gasteiger partial charge in [0.15, 0.2) is 0 Å². The number of aromatic nitrogens is 1. The molecule has 1 aliphatic rings. The third-order valence-corrected chi connectivity index (χ3v) is 5.92. The van der Waals surface area contributed by atoms with Gasteiger partial charge in [-0.15, -0.1) is 11.3 Å². The van der Waals surface area contributed by atoms with Gasteiger partial charge in [0.2, 0.25) is 0 Å². The zero-order valence-electron chi connectivity index (χ0n) is 15.2. The van der Waals surface area contributed by atoms with Crippen LogP contribution >= 0.6 is 11.3 Å². The molecule has 0 radical (unpaired) electrons. The van der Waals surface area contributed by atoms with Crippen LogP contribution in [0.25, 0.3) is 10.6 Å². The van der Waals surface area contributed by atoms with Gasteiger partial charge in [-0.2, -0.15) is 0 Å².